The molecule has 2 N–H and O–H groups in total. The molecule has 3 nitrogen and oxygen atoms in total. The van der Waals surface area contributed by atoms with Crippen molar-refractivity contribution >= 4 is 22.9 Å². The van der Waals surface area contributed by atoms with Crippen LogP contribution in [-0.2, 0) is 6.42 Å². The van der Waals surface area contributed by atoms with Gasteiger partial charge in [-0.25, -0.2) is 4.98 Å². The van der Waals surface area contributed by atoms with Crippen molar-refractivity contribution in [3.05, 3.63) is 44.9 Å². The molecule has 0 saturated heterocycles. The van der Waals surface area contributed by atoms with Gasteiger partial charge in [-0.2, -0.15) is 0 Å². The van der Waals surface area contributed by atoms with E-state index in [-0.39, 0.29) is 6.04 Å². The van der Waals surface area contributed by atoms with Gasteiger partial charge >= 0.3 is 0 Å². The lowest BCUT2D eigenvalue weighted by molar-refractivity contribution is 0.318. The fourth-order valence-electron chi connectivity index (χ4n) is 1.83. The summed E-state index contributed by atoms with van der Waals surface area (Å²) in [5.74, 6) is 0.807. The summed E-state index contributed by atoms with van der Waals surface area (Å²) in [5, 5.41) is 0.679. The van der Waals surface area contributed by atoms with E-state index in [0.29, 0.717) is 11.6 Å². The summed E-state index contributed by atoms with van der Waals surface area (Å²) in [7, 11) is 0. The van der Waals surface area contributed by atoms with Crippen molar-refractivity contribution in [1.29, 1.82) is 0 Å². The molecule has 0 radical (unpaired) electrons. The van der Waals surface area contributed by atoms with E-state index in [2.05, 4.69) is 4.98 Å². The largest absolute Gasteiger partial charge is 0.493 e. The molecule has 5 heteroatoms. The van der Waals surface area contributed by atoms with Gasteiger partial charge in [0.05, 0.1) is 17.8 Å². The van der Waals surface area contributed by atoms with Gasteiger partial charge in [0.2, 0.25) is 0 Å². The third kappa shape index (κ3) is 3.69. The van der Waals surface area contributed by atoms with Crippen LogP contribution < -0.4 is 10.5 Å². The molecule has 102 valence electrons. The molecule has 1 aromatic heterocycles. The van der Waals surface area contributed by atoms with Crippen molar-refractivity contribution in [3.63, 3.8) is 0 Å². The van der Waals surface area contributed by atoms with Crippen LogP contribution in [0.15, 0.2) is 23.7 Å². The molecule has 0 unspecified atom stereocenters. The van der Waals surface area contributed by atoms with Crippen molar-refractivity contribution in [2.75, 3.05) is 6.61 Å². The summed E-state index contributed by atoms with van der Waals surface area (Å²) in [6.07, 6.45) is 0.859. The average Bonchev–Trinajstić information content (AvgIpc) is 2.77. The lowest BCUT2D eigenvalue weighted by Gasteiger charge is -2.14. The minimum Gasteiger partial charge on any atom is -0.493 e. The molecule has 0 saturated carbocycles. The monoisotopic (exact) mass is 296 g/mol. The van der Waals surface area contributed by atoms with Crippen LogP contribution in [-0.4, -0.2) is 11.6 Å². The first kappa shape index (κ1) is 14.3. The molecule has 1 atom stereocenters. The molecule has 0 spiro atoms. The number of benzene rings is 1. The van der Waals surface area contributed by atoms with Gasteiger partial charge in [-0.05, 0) is 32.0 Å². The Hall–Kier alpha value is -1.10. The number of rotatable bonds is 5. The van der Waals surface area contributed by atoms with E-state index < -0.39 is 0 Å². The Balaban J connectivity index is 2.01. The molecule has 0 aliphatic rings. The minimum atomic E-state index is -0.0983. The first-order valence-corrected chi connectivity index (χ1v) is 7.40. The summed E-state index contributed by atoms with van der Waals surface area (Å²) >= 11 is 7.64. The van der Waals surface area contributed by atoms with Gasteiger partial charge < -0.3 is 10.5 Å². The number of halogens is 1. The highest BCUT2D eigenvalue weighted by molar-refractivity contribution is 7.09. The summed E-state index contributed by atoms with van der Waals surface area (Å²) in [6.45, 7) is 4.55. The predicted octanol–water partition coefficient (Wildman–Crippen LogP) is 3.75. The molecule has 0 aliphatic heterocycles. The standard InChI is InChI=1S/C14H17ClN2OS/c1-9(16)12-7-11(15)3-4-13(12)18-6-5-14-10(2)17-8-19-14/h3-4,7-9H,5-6,16H2,1-2H3/t9-/m0/s1. The zero-order chi connectivity index (χ0) is 13.8. The van der Waals surface area contributed by atoms with Crippen LogP contribution >= 0.6 is 22.9 Å². The van der Waals surface area contributed by atoms with E-state index in [0.717, 1.165) is 23.4 Å². The first-order valence-electron chi connectivity index (χ1n) is 6.14. The zero-order valence-electron chi connectivity index (χ0n) is 11.0. The van der Waals surface area contributed by atoms with Gasteiger partial charge in [0, 0.05) is 27.9 Å². The fourth-order valence-corrected chi connectivity index (χ4v) is 2.77. The minimum absolute atomic E-state index is 0.0983. The maximum Gasteiger partial charge on any atom is 0.124 e. The van der Waals surface area contributed by atoms with Crippen molar-refractivity contribution in [1.82, 2.24) is 4.98 Å². The van der Waals surface area contributed by atoms with E-state index >= 15 is 0 Å². The molecule has 0 fully saturated rings. The molecule has 0 amide bonds. The lowest BCUT2D eigenvalue weighted by Crippen LogP contribution is -2.09. The van der Waals surface area contributed by atoms with E-state index in [1.165, 1.54) is 4.88 Å². The Morgan fingerprint density at radius 3 is 2.89 bits per heavy atom. The van der Waals surface area contributed by atoms with Gasteiger partial charge in [-0.15, -0.1) is 11.3 Å². The Labute approximate surface area is 122 Å². The number of hydrogen-bond donors (Lipinski definition) is 1. The highest BCUT2D eigenvalue weighted by Gasteiger charge is 2.09. The molecule has 0 bridgehead atoms. The van der Waals surface area contributed by atoms with E-state index in [4.69, 9.17) is 22.1 Å². The third-order valence-corrected chi connectivity index (χ3v) is 4.12. The van der Waals surface area contributed by atoms with E-state index in [1.807, 2.05) is 37.6 Å². The van der Waals surface area contributed by atoms with Crippen LogP contribution in [0.2, 0.25) is 5.02 Å². The smallest absolute Gasteiger partial charge is 0.124 e. The molecule has 1 heterocycles. The molecule has 19 heavy (non-hydrogen) atoms. The first-order chi connectivity index (χ1) is 9.08. The molecular weight excluding hydrogens is 280 g/mol. The van der Waals surface area contributed by atoms with Gasteiger partial charge in [0.25, 0.3) is 0 Å². The number of ether oxygens (including phenoxy) is 1. The van der Waals surface area contributed by atoms with Crippen LogP contribution in [0, 0.1) is 6.92 Å². The Morgan fingerprint density at radius 1 is 1.47 bits per heavy atom. The van der Waals surface area contributed by atoms with Crippen molar-refractivity contribution < 1.29 is 4.74 Å². The molecule has 2 rings (SSSR count). The second-order valence-corrected chi connectivity index (χ2v) is 5.81. The SMILES string of the molecule is Cc1ncsc1CCOc1ccc(Cl)cc1[C@H](C)N. The molecular formula is C14H17ClN2OS. The number of aromatic nitrogens is 1. The molecule has 2 aromatic rings. The zero-order valence-corrected chi connectivity index (χ0v) is 12.6. The summed E-state index contributed by atoms with van der Waals surface area (Å²) in [6, 6.07) is 5.46. The second-order valence-electron chi connectivity index (χ2n) is 4.43. The van der Waals surface area contributed by atoms with Crippen LogP contribution in [0.1, 0.15) is 29.1 Å². The Bertz CT molecular complexity index is 554. The van der Waals surface area contributed by atoms with Crippen LogP contribution in [0.4, 0.5) is 0 Å². The summed E-state index contributed by atoms with van der Waals surface area (Å²) in [4.78, 5) is 5.49. The van der Waals surface area contributed by atoms with Crippen molar-refractivity contribution in [3.8, 4) is 5.75 Å². The predicted molar refractivity (Wildman–Crippen MR) is 80.1 cm³/mol. The Kier molecular flexibility index (Phi) is 4.80. The molecule has 0 aliphatic carbocycles. The maximum atomic E-state index is 5.98. The van der Waals surface area contributed by atoms with Gasteiger partial charge in [0.15, 0.2) is 0 Å². The van der Waals surface area contributed by atoms with E-state index in [1.54, 1.807) is 11.3 Å². The number of thiazole rings is 1. The number of hydrogen-bond acceptors (Lipinski definition) is 4. The fraction of sp³-hybridized carbons (Fsp3) is 0.357. The molecule has 1 aromatic carbocycles. The average molecular weight is 297 g/mol. The third-order valence-electron chi connectivity index (χ3n) is 2.89. The number of nitrogens with two attached hydrogens (primary N) is 1. The van der Waals surface area contributed by atoms with Gasteiger partial charge in [0.1, 0.15) is 5.75 Å². The lowest BCUT2D eigenvalue weighted by atomic mass is 10.1. The summed E-state index contributed by atoms with van der Waals surface area (Å²) < 4.78 is 5.82. The highest BCUT2D eigenvalue weighted by atomic mass is 35.5. The van der Waals surface area contributed by atoms with Crippen LogP contribution in [0.25, 0.3) is 0 Å². The summed E-state index contributed by atoms with van der Waals surface area (Å²) in [5.41, 5.74) is 9.81. The van der Waals surface area contributed by atoms with Crippen LogP contribution in [0.3, 0.4) is 0 Å². The number of aryl methyl sites for hydroxylation is 1. The van der Waals surface area contributed by atoms with Crippen molar-refractivity contribution in [2.24, 2.45) is 5.73 Å². The number of nitrogens with zero attached hydrogens (tertiary/aromatic N) is 1. The second kappa shape index (κ2) is 6.37. The van der Waals surface area contributed by atoms with Crippen LogP contribution in [0.5, 0.6) is 5.75 Å². The topological polar surface area (TPSA) is 48.1 Å². The van der Waals surface area contributed by atoms with Gasteiger partial charge in [-0.1, -0.05) is 11.6 Å². The quantitative estimate of drug-likeness (QED) is 0.914. The highest BCUT2D eigenvalue weighted by Crippen LogP contribution is 2.27. The van der Waals surface area contributed by atoms with E-state index in [9.17, 15) is 0 Å². The van der Waals surface area contributed by atoms with Gasteiger partial charge in [-0.3, -0.25) is 0 Å². The normalized spacial score (nSPS) is 12.4. The Morgan fingerprint density at radius 2 is 2.26 bits per heavy atom. The van der Waals surface area contributed by atoms with Crippen molar-refractivity contribution in [2.45, 2.75) is 26.3 Å². The maximum absolute atomic E-state index is 5.98.